The molecule has 2 aromatic carbocycles. The lowest BCUT2D eigenvalue weighted by Gasteiger charge is -2.30. The van der Waals surface area contributed by atoms with Gasteiger partial charge in [-0.15, -0.1) is 0 Å². The molecule has 164 valence electrons. The van der Waals surface area contributed by atoms with E-state index in [1.807, 2.05) is 24.3 Å². The third kappa shape index (κ3) is 7.03. The van der Waals surface area contributed by atoms with Gasteiger partial charge in [0.15, 0.2) is 0 Å². The van der Waals surface area contributed by atoms with Crippen LogP contribution < -0.4 is 4.74 Å². The second-order valence-electron chi connectivity index (χ2n) is 7.63. The van der Waals surface area contributed by atoms with Crippen molar-refractivity contribution in [3.05, 3.63) is 54.1 Å². The molecule has 0 saturated carbocycles. The Hall–Kier alpha value is -2.05. The van der Waals surface area contributed by atoms with Crippen LogP contribution >= 0.6 is 0 Å². The largest absolute Gasteiger partial charge is 0.494 e. The topological polar surface area (TPSA) is 27.7 Å². The van der Waals surface area contributed by atoms with Gasteiger partial charge in [0.05, 0.1) is 25.9 Å². The monoisotopic (exact) mass is 422 g/mol. The van der Waals surface area contributed by atoms with Crippen molar-refractivity contribution < 1.29 is 27.4 Å². The highest BCUT2D eigenvalue weighted by molar-refractivity contribution is 5.64. The number of halogens is 3. The van der Waals surface area contributed by atoms with E-state index in [0.29, 0.717) is 19.0 Å². The Balaban J connectivity index is 1.49. The minimum Gasteiger partial charge on any atom is -0.494 e. The van der Waals surface area contributed by atoms with E-state index in [1.54, 1.807) is 12.1 Å². The Labute approximate surface area is 176 Å². The van der Waals surface area contributed by atoms with E-state index in [0.717, 1.165) is 36.0 Å². The van der Waals surface area contributed by atoms with E-state index < -0.39 is 12.6 Å². The Bertz CT molecular complexity index is 749. The van der Waals surface area contributed by atoms with Gasteiger partial charge in [0.2, 0.25) is 0 Å². The summed E-state index contributed by atoms with van der Waals surface area (Å²) >= 11 is 0. The fraction of sp³-hybridized carbons (Fsp3) is 0.500. The number of alkyl halides is 3. The molecule has 1 aliphatic heterocycles. The maximum atomic E-state index is 12.2. The van der Waals surface area contributed by atoms with Crippen LogP contribution in [0.3, 0.4) is 0 Å². The van der Waals surface area contributed by atoms with E-state index in [-0.39, 0.29) is 25.2 Å². The third-order valence-corrected chi connectivity index (χ3v) is 5.19. The molecule has 1 fully saturated rings. The lowest BCUT2D eigenvalue weighted by atomic mass is 10.0. The predicted octanol–water partition coefficient (Wildman–Crippen LogP) is 6.72. The zero-order chi connectivity index (χ0) is 21.4. The van der Waals surface area contributed by atoms with Crippen LogP contribution in [0.15, 0.2) is 48.5 Å². The highest BCUT2D eigenvalue weighted by Crippen LogP contribution is 2.28. The van der Waals surface area contributed by atoms with Crippen molar-refractivity contribution in [2.45, 2.75) is 57.4 Å². The molecule has 3 nitrogen and oxygen atoms in total. The SMILES string of the molecule is CCCC[C@@H]1CO[C@@H](c2ccc(-c3ccc(OCCCC(F)(F)F)cc3)cc2)CO1. The van der Waals surface area contributed by atoms with Crippen molar-refractivity contribution in [3.63, 3.8) is 0 Å². The molecule has 3 rings (SSSR count). The van der Waals surface area contributed by atoms with Gasteiger partial charge in [-0.25, -0.2) is 0 Å². The normalized spacial score (nSPS) is 19.6. The number of benzene rings is 2. The second-order valence-corrected chi connectivity index (χ2v) is 7.63. The van der Waals surface area contributed by atoms with Crippen LogP contribution in [0.25, 0.3) is 11.1 Å². The summed E-state index contributed by atoms with van der Waals surface area (Å²) in [6.45, 7) is 3.44. The first-order valence-electron chi connectivity index (χ1n) is 10.6. The van der Waals surface area contributed by atoms with Gasteiger partial charge in [-0.2, -0.15) is 13.2 Å². The molecule has 2 atom stereocenters. The summed E-state index contributed by atoms with van der Waals surface area (Å²) < 4.78 is 53.8. The molecule has 0 unspecified atom stereocenters. The molecule has 1 heterocycles. The fourth-order valence-corrected chi connectivity index (χ4v) is 3.43. The average molecular weight is 422 g/mol. The second kappa shape index (κ2) is 10.8. The van der Waals surface area contributed by atoms with Crippen molar-refractivity contribution in [1.82, 2.24) is 0 Å². The first-order chi connectivity index (χ1) is 14.4. The van der Waals surface area contributed by atoms with Gasteiger partial charge in [0.1, 0.15) is 11.9 Å². The van der Waals surface area contributed by atoms with Gasteiger partial charge in [-0.3, -0.25) is 0 Å². The first kappa shape index (κ1) is 22.6. The lowest BCUT2D eigenvalue weighted by Crippen LogP contribution is -2.31. The van der Waals surface area contributed by atoms with Crippen LogP contribution in [0.4, 0.5) is 13.2 Å². The van der Waals surface area contributed by atoms with Crippen LogP contribution in [-0.4, -0.2) is 32.1 Å². The van der Waals surface area contributed by atoms with Crippen LogP contribution in [-0.2, 0) is 9.47 Å². The lowest BCUT2D eigenvalue weighted by molar-refractivity contribution is -0.137. The van der Waals surface area contributed by atoms with E-state index in [2.05, 4.69) is 19.1 Å². The molecule has 0 spiro atoms. The van der Waals surface area contributed by atoms with Crippen molar-refractivity contribution >= 4 is 0 Å². The van der Waals surface area contributed by atoms with Crippen molar-refractivity contribution in [1.29, 1.82) is 0 Å². The van der Waals surface area contributed by atoms with Gasteiger partial charge in [-0.1, -0.05) is 56.2 Å². The van der Waals surface area contributed by atoms with Crippen LogP contribution in [0.1, 0.15) is 50.7 Å². The average Bonchev–Trinajstić information content (AvgIpc) is 2.76. The Kier molecular flexibility index (Phi) is 8.16. The molecule has 1 aliphatic rings. The number of rotatable bonds is 9. The standard InChI is InChI=1S/C24H29F3O3/c1-2-3-5-22-16-30-23(17-29-22)20-8-6-18(7-9-20)19-10-12-21(13-11-19)28-15-4-14-24(25,26)27/h6-13,22-23H,2-5,14-17H2,1H3/t22-,23-/m1/s1. The molecule has 0 aliphatic carbocycles. The third-order valence-electron chi connectivity index (χ3n) is 5.19. The fourth-order valence-electron chi connectivity index (χ4n) is 3.43. The van der Waals surface area contributed by atoms with Crippen molar-refractivity contribution in [3.8, 4) is 16.9 Å². The van der Waals surface area contributed by atoms with Gasteiger partial charge in [-0.05, 0) is 41.7 Å². The number of ether oxygens (including phenoxy) is 3. The minimum absolute atomic E-state index is 0.0376. The molecule has 30 heavy (non-hydrogen) atoms. The first-order valence-corrected chi connectivity index (χ1v) is 10.6. The molecule has 1 saturated heterocycles. The van der Waals surface area contributed by atoms with Gasteiger partial charge in [0.25, 0.3) is 0 Å². The molecule has 0 bridgehead atoms. The zero-order valence-corrected chi connectivity index (χ0v) is 17.3. The van der Waals surface area contributed by atoms with E-state index in [4.69, 9.17) is 14.2 Å². The van der Waals surface area contributed by atoms with Crippen molar-refractivity contribution in [2.24, 2.45) is 0 Å². The molecule has 0 N–H and O–H groups in total. The van der Waals surface area contributed by atoms with E-state index >= 15 is 0 Å². The summed E-state index contributed by atoms with van der Waals surface area (Å²) in [5.41, 5.74) is 3.17. The molecule has 0 aromatic heterocycles. The predicted molar refractivity (Wildman–Crippen MR) is 111 cm³/mol. The highest BCUT2D eigenvalue weighted by atomic mass is 19.4. The number of hydrogen-bond acceptors (Lipinski definition) is 3. The number of unbranched alkanes of at least 4 members (excludes halogenated alkanes) is 1. The summed E-state index contributed by atoms with van der Waals surface area (Å²) in [6.07, 6.45) is -1.47. The molecule has 6 heteroatoms. The summed E-state index contributed by atoms with van der Waals surface area (Å²) in [5, 5.41) is 0. The maximum absolute atomic E-state index is 12.2. The quantitative estimate of drug-likeness (QED) is 0.420. The summed E-state index contributed by atoms with van der Waals surface area (Å²) in [5.74, 6) is 0.572. The summed E-state index contributed by atoms with van der Waals surface area (Å²) in [4.78, 5) is 0. The Morgan fingerprint density at radius 2 is 1.57 bits per heavy atom. The van der Waals surface area contributed by atoms with Crippen LogP contribution in [0, 0.1) is 0 Å². The van der Waals surface area contributed by atoms with E-state index in [9.17, 15) is 13.2 Å². The van der Waals surface area contributed by atoms with Crippen LogP contribution in [0.5, 0.6) is 5.75 Å². The molecular weight excluding hydrogens is 393 g/mol. The molecule has 0 amide bonds. The number of hydrogen-bond donors (Lipinski definition) is 0. The Morgan fingerprint density at radius 3 is 2.13 bits per heavy atom. The van der Waals surface area contributed by atoms with Crippen LogP contribution in [0.2, 0.25) is 0 Å². The smallest absolute Gasteiger partial charge is 0.389 e. The van der Waals surface area contributed by atoms with E-state index in [1.165, 1.54) is 0 Å². The molecule has 2 aromatic rings. The van der Waals surface area contributed by atoms with Gasteiger partial charge in [0, 0.05) is 6.42 Å². The molecular formula is C24H29F3O3. The van der Waals surface area contributed by atoms with Gasteiger partial charge >= 0.3 is 6.18 Å². The zero-order valence-electron chi connectivity index (χ0n) is 17.3. The highest BCUT2D eigenvalue weighted by Gasteiger charge is 2.26. The van der Waals surface area contributed by atoms with Gasteiger partial charge < -0.3 is 14.2 Å². The minimum atomic E-state index is -4.13. The molecule has 0 radical (unpaired) electrons. The summed E-state index contributed by atoms with van der Waals surface area (Å²) in [7, 11) is 0. The van der Waals surface area contributed by atoms with Crippen molar-refractivity contribution in [2.75, 3.05) is 19.8 Å². The maximum Gasteiger partial charge on any atom is 0.389 e. The Morgan fingerprint density at radius 1 is 0.900 bits per heavy atom. The summed E-state index contributed by atoms with van der Waals surface area (Å²) in [6, 6.07) is 15.6.